The molecule has 2 atom stereocenters. The maximum atomic E-state index is 9.47. The van der Waals surface area contributed by atoms with E-state index in [9.17, 15) is 10.2 Å². The van der Waals surface area contributed by atoms with Crippen molar-refractivity contribution in [2.24, 2.45) is 0 Å². The van der Waals surface area contributed by atoms with Crippen LogP contribution in [0.3, 0.4) is 0 Å². The normalized spacial score (nSPS) is 12.9. The average Bonchev–Trinajstić information content (AvgIpc) is 3.85. The third-order valence-electron chi connectivity index (χ3n) is 7.75. The lowest BCUT2D eigenvalue weighted by molar-refractivity contribution is 0.232. The number of aliphatic hydroxyl groups is 2. The minimum atomic E-state index is -0.248. The highest BCUT2D eigenvalue weighted by atomic mass is 16.4. The number of benzene rings is 2. The van der Waals surface area contributed by atoms with E-state index in [1.54, 1.807) is 21.5 Å². The van der Waals surface area contributed by atoms with Crippen LogP contribution in [0.4, 0.5) is 23.7 Å². The first-order valence-corrected chi connectivity index (χ1v) is 14.7. The molecule has 6 aromatic heterocycles. The molecule has 244 valence electrons. The summed E-state index contributed by atoms with van der Waals surface area (Å²) in [6.07, 6.45) is 2.76. The molecule has 0 unspecified atom stereocenters. The molecule has 48 heavy (non-hydrogen) atoms. The molecule has 0 bridgehead atoms. The van der Waals surface area contributed by atoms with E-state index in [-0.39, 0.29) is 37.3 Å². The zero-order chi connectivity index (χ0) is 33.7. The van der Waals surface area contributed by atoms with E-state index in [1.807, 2.05) is 38.1 Å². The summed E-state index contributed by atoms with van der Waals surface area (Å²) in [5.74, 6) is 0.650. The molecule has 0 aliphatic rings. The van der Waals surface area contributed by atoms with Gasteiger partial charge in [-0.25, -0.2) is 29.3 Å². The third-order valence-corrected chi connectivity index (χ3v) is 7.75. The molecule has 0 saturated carbocycles. The zero-order valence-electron chi connectivity index (χ0n) is 25.7. The monoisotopic (exact) mass is 650 g/mol. The Hall–Kier alpha value is -6.40. The number of nitrogen functional groups attached to an aromatic ring is 4. The summed E-state index contributed by atoms with van der Waals surface area (Å²) in [4.78, 5) is 24.9. The summed E-state index contributed by atoms with van der Waals surface area (Å²) in [6.45, 7) is 3.55. The van der Waals surface area contributed by atoms with Crippen LogP contribution >= 0.6 is 0 Å². The lowest BCUT2D eigenvalue weighted by atomic mass is 10.1. The predicted octanol–water partition coefficient (Wildman–Crippen LogP) is 2.70. The second kappa shape index (κ2) is 11.8. The molecule has 8 aromatic rings. The van der Waals surface area contributed by atoms with Crippen LogP contribution in [0.2, 0.25) is 0 Å². The van der Waals surface area contributed by atoms with Crippen molar-refractivity contribution in [2.75, 3.05) is 36.1 Å². The number of hydrogen-bond donors (Lipinski definition) is 6. The van der Waals surface area contributed by atoms with Crippen molar-refractivity contribution in [3.8, 4) is 22.5 Å². The van der Waals surface area contributed by atoms with E-state index in [1.165, 1.54) is 12.7 Å². The van der Waals surface area contributed by atoms with Crippen LogP contribution < -0.4 is 22.9 Å². The second-order valence-corrected chi connectivity index (χ2v) is 11.0. The summed E-state index contributed by atoms with van der Waals surface area (Å²) in [6, 6.07) is 10.6. The van der Waals surface area contributed by atoms with E-state index >= 15 is 0 Å². The molecule has 0 radical (unpaired) electrons. The summed E-state index contributed by atoms with van der Waals surface area (Å²) < 4.78 is 13.9. The van der Waals surface area contributed by atoms with Crippen LogP contribution in [0.15, 0.2) is 57.9 Å². The Morgan fingerprint density at radius 3 is 1.46 bits per heavy atom. The van der Waals surface area contributed by atoms with E-state index in [0.29, 0.717) is 67.3 Å². The smallest absolute Gasteiger partial charge is 0.292 e. The molecule has 0 aliphatic heterocycles. The van der Waals surface area contributed by atoms with Gasteiger partial charge in [0.25, 0.3) is 12.0 Å². The SMILES string of the molecule is C[C@@H](CO)n1nc(-c2ccc3oc(N)nc3c2)c2c(N)ncnc21.C[C@H](CO)n1nc(-c2ccc3oc(N)nc3c2)c2c(N)ncnc21. The van der Waals surface area contributed by atoms with E-state index in [0.717, 1.165) is 11.1 Å². The molecule has 0 saturated heterocycles. The first-order chi connectivity index (χ1) is 23.2. The van der Waals surface area contributed by atoms with Crippen LogP contribution in [0.5, 0.6) is 0 Å². The average molecular weight is 651 g/mol. The van der Waals surface area contributed by atoms with Crippen molar-refractivity contribution in [3.63, 3.8) is 0 Å². The number of anilines is 4. The van der Waals surface area contributed by atoms with Crippen molar-refractivity contribution in [1.29, 1.82) is 0 Å². The molecule has 0 fully saturated rings. The summed E-state index contributed by atoms with van der Waals surface area (Å²) in [5.41, 5.74) is 29.6. The zero-order valence-corrected chi connectivity index (χ0v) is 25.7. The lowest BCUT2D eigenvalue weighted by Crippen LogP contribution is -2.11. The van der Waals surface area contributed by atoms with Crippen LogP contribution in [-0.2, 0) is 0 Å². The van der Waals surface area contributed by atoms with Gasteiger partial charge in [-0.1, -0.05) is 0 Å². The number of fused-ring (bicyclic) bond motifs is 4. The number of aliphatic hydroxyl groups excluding tert-OH is 2. The molecule has 8 rings (SSSR count). The van der Waals surface area contributed by atoms with Gasteiger partial charge in [0.05, 0.1) is 36.1 Å². The third kappa shape index (κ3) is 5.10. The minimum absolute atomic E-state index is 0.0705. The number of nitrogens with zero attached hydrogens (tertiary/aromatic N) is 10. The Bertz CT molecular complexity index is 2280. The molecular weight excluding hydrogens is 620 g/mol. The van der Waals surface area contributed by atoms with Gasteiger partial charge < -0.3 is 42.0 Å². The van der Waals surface area contributed by atoms with Gasteiger partial charge in [0.15, 0.2) is 22.5 Å². The van der Waals surface area contributed by atoms with E-state index < -0.39 is 0 Å². The Morgan fingerprint density at radius 2 is 1.06 bits per heavy atom. The first kappa shape index (κ1) is 30.3. The topological polar surface area (TPSA) is 284 Å². The summed E-state index contributed by atoms with van der Waals surface area (Å²) in [5, 5.41) is 29.4. The summed E-state index contributed by atoms with van der Waals surface area (Å²) >= 11 is 0. The van der Waals surface area contributed by atoms with Crippen LogP contribution in [0.1, 0.15) is 25.9 Å². The number of hydrogen-bond acceptors (Lipinski definition) is 16. The molecule has 2 aromatic carbocycles. The number of oxazole rings is 2. The Kier molecular flexibility index (Phi) is 7.41. The second-order valence-electron chi connectivity index (χ2n) is 11.0. The molecule has 0 aliphatic carbocycles. The van der Waals surface area contributed by atoms with Crippen LogP contribution in [0.25, 0.3) is 66.8 Å². The van der Waals surface area contributed by atoms with Gasteiger partial charge in [-0.05, 0) is 50.2 Å². The number of nitrogens with two attached hydrogens (primary N) is 4. The van der Waals surface area contributed by atoms with Gasteiger partial charge in [0.1, 0.15) is 46.7 Å². The van der Waals surface area contributed by atoms with E-state index in [2.05, 4.69) is 40.1 Å². The van der Waals surface area contributed by atoms with Gasteiger partial charge in [0, 0.05) is 11.1 Å². The molecule has 0 spiro atoms. The molecule has 6 heterocycles. The Balaban J connectivity index is 0.000000152. The van der Waals surface area contributed by atoms with Gasteiger partial charge in [0.2, 0.25) is 0 Å². The molecule has 18 heteroatoms. The highest BCUT2D eigenvalue weighted by Gasteiger charge is 2.22. The fourth-order valence-electron chi connectivity index (χ4n) is 5.35. The van der Waals surface area contributed by atoms with Crippen molar-refractivity contribution in [3.05, 3.63) is 49.1 Å². The predicted molar refractivity (Wildman–Crippen MR) is 178 cm³/mol. The maximum Gasteiger partial charge on any atom is 0.292 e. The fourth-order valence-corrected chi connectivity index (χ4v) is 5.35. The van der Waals surface area contributed by atoms with Crippen LogP contribution in [-0.4, -0.2) is 72.9 Å². The van der Waals surface area contributed by atoms with Crippen molar-refractivity contribution >= 4 is 67.9 Å². The highest BCUT2D eigenvalue weighted by Crippen LogP contribution is 2.35. The van der Waals surface area contributed by atoms with Gasteiger partial charge in [-0.3, -0.25) is 0 Å². The standard InChI is InChI=1S/2C15H15N7O2/c2*1-7(5-23)22-14-11(13(16)18-6-19-14)12(21-22)8-2-3-10-9(4-8)20-15(17)24-10/h2*2-4,6-7,23H,5H2,1H3,(H2,17,20)(H2,16,18,19)/t2*7-/m10/s1. The van der Waals surface area contributed by atoms with Crippen molar-refractivity contribution < 1.29 is 19.0 Å². The molecular formula is C30H30N14O4. The lowest BCUT2D eigenvalue weighted by Gasteiger charge is -2.08. The van der Waals surface area contributed by atoms with Crippen LogP contribution in [0, 0.1) is 0 Å². The minimum Gasteiger partial charge on any atom is -0.424 e. The quantitative estimate of drug-likeness (QED) is 0.151. The Morgan fingerprint density at radius 1 is 0.646 bits per heavy atom. The molecule has 10 N–H and O–H groups in total. The van der Waals surface area contributed by atoms with E-state index in [4.69, 9.17) is 31.8 Å². The van der Waals surface area contributed by atoms with Gasteiger partial charge in [-0.15, -0.1) is 0 Å². The van der Waals surface area contributed by atoms with Gasteiger partial charge >= 0.3 is 0 Å². The first-order valence-electron chi connectivity index (χ1n) is 14.7. The van der Waals surface area contributed by atoms with Crippen molar-refractivity contribution in [1.82, 2.24) is 49.5 Å². The molecule has 0 amide bonds. The molecule has 18 nitrogen and oxygen atoms in total. The Labute approximate surface area is 270 Å². The van der Waals surface area contributed by atoms with Gasteiger partial charge in [-0.2, -0.15) is 20.2 Å². The summed E-state index contributed by atoms with van der Waals surface area (Å²) in [7, 11) is 0. The number of rotatable bonds is 6. The van der Waals surface area contributed by atoms with Crippen molar-refractivity contribution in [2.45, 2.75) is 25.9 Å². The maximum absolute atomic E-state index is 9.47. The number of aromatic nitrogens is 10. The largest absolute Gasteiger partial charge is 0.424 e. The fraction of sp³-hybridized carbons (Fsp3) is 0.200. The highest BCUT2D eigenvalue weighted by molar-refractivity contribution is 6.00.